The van der Waals surface area contributed by atoms with Crippen molar-refractivity contribution in [3.63, 3.8) is 0 Å². The predicted molar refractivity (Wildman–Crippen MR) is 80.0 cm³/mol. The molecule has 1 unspecified atom stereocenters. The Bertz CT molecular complexity index is 493. The van der Waals surface area contributed by atoms with Crippen molar-refractivity contribution in [2.75, 3.05) is 33.4 Å². The van der Waals surface area contributed by atoms with Gasteiger partial charge in [-0.3, -0.25) is 10.1 Å². The van der Waals surface area contributed by atoms with E-state index in [1.54, 1.807) is 12.1 Å². The third kappa shape index (κ3) is 4.32. The molecule has 6 heteroatoms. The van der Waals surface area contributed by atoms with Crippen molar-refractivity contribution < 1.29 is 14.4 Å². The van der Waals surface area contributed by atoms with E-state index in [0.29, 0.717) is 12.4 Å². The van der Waals surface area contributed by atoms with Crippen LogP contribution in [0.2, 0.25) is 0 Å². The number of hydrogen-bond donors (Lipinski definition) is 0. The zero-order chi connectivity index (χ0) is 15.2. The normalized spacial score (nSPS) is 18.7. The summed E-state index contributed by atoms with van der Waals surface area (Å²) in [6, 6.07) is 4.59. The lowest BCUT2D eigenvalue weighted by molar-refractivity contribution is -0.385. The van der Waals surface area contributed by atoms with Crippen LogP contribution in [0.25, 0.3) is 0 Å². The highest BCUT2D eigenvalue weighted by Gasteiger charge is 2.18. The molecule has 21 heavy (non-hydrogen) atoms. The van der Waals surface area contributed by atoms with Gasteiger partial charge in [0.05, 0.1) is 18.6 Å². The largest absolute Gasteiger partial charge is 0.493 e. The number of hydrogen-bond acceptors (Lipinski definition) is 5. The Hall–Kier alpha value is -1.82. The van der Waals surface area contributed by atoms with Gasteiger partial charge in [-0.2, -0.15) is 0 Å². The van der Waals surface area contributed by atoms with Gasteiger partial charge < -0.3 is 14.4 Å². The fraction of sp³-hybridized carbons (Fsp3) is 0.600. The van der Waals surface area contributed by atoms with Crippen LogP contribution in [0, 0.1) is 16.0 Å². The Kier molecular flexibility index (Phi) is 5.38. The average Bonchev–Trinajstić information content (AvgIpc) is 2.88. The second-order valence-electron chi connectivity index (χ2n) is 5.49. The van der Waals surface area contributed by atoms with Crippen LogP contribution in [0.15, 0.2) is 18.2 Å². The van der Waals surface area contributed by atoms with Gasteiger partial charge in [-0.1, -0.05) is 6.92 Å². The molecule has 6 nitrogen and oxygen atoms in total. The molecule has 1 atom stereocenters. The van der Waals surface area contributed by atoms with Crippen LogP contribution in [0.1, 0.15) is 19.8 Å². The molecule has 0 bridgehead atoms. The molecule has 0 amide bonds. The van der Waals surface area contributed by atoms with E-state index in [9.17, 15) is 10.1 Å². The Balaban J connectivity index is 1.79. The van der Waals surface area contributed by atoms with Gasteiger partial charge in [-0.25, -0.2) is 0 Å². The molecule has 1 aliphatic heterocycles. The Labute approximate surface area is 124 Å². The smallest absolute Gasteiger partial charge is 0.311 e. The van der Waals surface area contributed by atoms with E-state index >= 15 is 0 Å². The number of nitrogens with zero attached hydrogens (tertiary/aromatic N) is 2. The summed E-state index contributed by atoms with van der Waals surface area (Å²) in [5.41, 5.74) is -0.0455. The zero-order valence-electron chi connectivity index (χ0n) is 12.6. The second kappa shape index (κ2) is 7.26. The molecule has 1 aliphatic rings. The van der Waals surface area contributed by atoms with E-state index < -0.39 is 4.92 Å². The Morgan fingerprint density at radius 1 is 1.48 bits per heavy atom. The maximum absolute atomic E-state index is 10.8. The highest BCUT2D eigenvalue weighted by Crippen LogP contribution is 2.30. The molecule has 0 N–H and O–H groups in total. The number of rotatable bonds is 7. The van der Waals surface area contributed by atoms with Crippen LogP contribution in [0.5, 0.6) is 11.5 Å². The van der Waals surface area contributed by atoms with Crippen molar-refractivity contribution in [3.8, 4) is 11.5 Å². The Morgan fingerprint density at radius 3 is 2.90 bits per heavy atom. The number of nitro benzene ring substituents is 1. The molecular weight excluding hydrogens is 272 g/mol. The van der Waals surface area contributed by atoms with E-state index in [4.69, 9.17) is 9.47 Å². The van der Waals surface area contributed by atoms with Gasteiger partial charge in [0.25, 0.3) is 0 Å². The van der Waals surface area contributed by atoms with Gasteiger partial charge in [-0.15, -0.1) is 0 Å². The first-order valence-electron chi connectivity index (χ1n) is 7.27. The van der Waals surface area contributed by atoms with Gasteiger partial charge in [0.15, 0.2) is 0 Å². The van der Waals surface area contributed by atoms with Crippen molar-refractivity contribution in [1.82, 2.24) is 4.90 Å². The van der Waals surface area contributed by atoms with Crippen LogP contribution in [0.3, 0.4) is 0 Å². The summed E-state index contributed by atoms with van der Waals surface area (Å²) in [6.45, 7) is 6.26. The maximum Gasteiger partial charge on any atom is 0.311 e. The third-order valence-corrected chi connectivity index (χ3v) is 3.74. The fourth-order valence-corrected chi connectivity index (χ4v) is 2.61. The van der Waals surface area contributed by atoms with Crippen molar-refractivity contribution in [2.24, 2.45) is 5.92 Å². The predicted octanol–water partition coefficient (Wildman–Crippen LogP) is 2.71. The first kappa shape index (κ1) is 15.6. The number of methoxy groups -OCH3 is 1. The van der Waals surface area contributed by atoms with Crippen molar-refractivity contribution >= 4 is 5.69 Å². The molecule has 1 fully saturated rings. The van der Waals surface area contributed by atoms with E-state index in [-0.39, 0.29) is 11.4 Å². The molecule has 1 aromatic carbocycles. The average molecular weight is 294 g/mol. The molecule has 0 radical (unpaired) electrons. The van der Waals surface area contributed by atoms with Crippen molar-refractivity contribution in [2.45, 2.75) is 19.8 Å². The van der Waals surface area contributed by atoms with Crippen LogP contribution in [-0.2, 0) is 0 Å². The lowest BCUT2D eigenvalue weighted by Gasteiger charge is -2.15. The van der Waals surface area contributed by atoms with Crippen molar-refractivity contribution in [3.05, 3.63) is 28.3 Å². The molecule has 116 valence electrons. The maximum atomic E-state index is 10.8. The first-order valence-corrected chi connectivity index (χ1v) is 7.27. The van der Waals surface area contributed by atoms with Crippen LogP contribution < -0.4 is 9.47 Å². The van der Waals surface area contributed by atoms with Gasteiger partial charge >= 0.3 is 5.69 Å². The summed E-state index contributed by atoms with van der Waals surface area (Å²) in [5.74, 6) is 1.63. The topological polar surface area (TPSA) is 64.8 Å². The van der Waals surface area contributed by atoms with Gasteiger partial charge in [-0.05, 0) is 31.4 Å². The molecule has 1 aromatic rings. The minimum Gasteiger partial charge on any atom is -0.493 e. The summed E-state index contributed by atoms with van der Waals surface area (Å²) in [4.78, 5) is 12.8. The quantitative estimate of drug-likeness (QED) is 0.439. The molecule has 0 aliphatic carbocycles. The van der Waals surface area contributed by atoms with Gasteiger partial charge in [0.1, 0.15) is 5.75 Å². The molecular formula is C15H22N2O4. The van der Waals surface area contributed by atoms with E-state index in [2.05, 4.69) is 11.8 Å². The highest BCUT2D eigenvalue weighted by molar-refractivity contribution is 5.50. The van der Waals surface area contributed by atoms with Crippen LogP contribution in [0.4, 0.5) is 5.69 Å². The Morgan fingerprint density at radius 2 is 2.29 bits per heavy atom. The van der Waals surface area contributed by atoms with E-state index in [1.807, 2.05) is 0 Å². The van der Waals surface area contributed by atoms with Gasteiger partial charge in [0.2, 0.25) is 5.75 Å². The minimum atomic E-state index is -0.461. The number of likely N-dealkylation sites (tertiary alicyclic amines) is 1. The summed E-state index contributed by atoms with van der Waals surface area (Å²) < 4.78 is 10.7. The monoisotopic (exact) mass is 294 g/mol. The van der Waals surface area contributed by atoms with Crippen LogP contribution >= 0.6 is 0 Å². The molecule has 1 heterocycles. The highest BCUT2D eigenvalue weighted by atomic mass is 16.6. The second-order valence-corrected chi connectivity index (χ2v) is 5.49. The standard InChI is InChI=1S/C15H22N2O4/c1-12-6-8-16(11-12)7-3-9-21-13-4-5-14(17(18)19)15(10-13)20-2/h4-5,10,12H,3,6-9,11H2,1-2H3. The molecule has 2 rings (SSSR count). The summed E-state index contributed by atoms with van der Waals surface area (Å²) in [7, 11) is 1.42. The van der Waals surface area contributed by atoms with Crippen LogP contribution in [-0.4, -0.2) is 43.2 Å². The van der Waals surface area contributed by atoms with E-state index in [0.717, 1.165) is 18.9 Å². The molecule has 1 saturated heterocycles. The van der Waals surface area contributed by atoms with E-state index in [1.165, 1.54) is 32.7 Å². The summed E-state index contributed by atoms with van der Waals surface area (Å²) in [5, 5.41) is 10.8. The minimum absolute atomic E-state index is 0.0455. The number of nitro groups is 1. The SMILES string of the molecule is COc1cc(OCCCN2CCC(C)C2)ccc1[N+](=O)[O-]. The lowest BCUT2D eigenvalue weighted by atomic mass is 10.2. The molecule has 0 aromatic heterocycles. The number of ether oxygens (including phenoxy) is 2. The summed E-state index contributed by atoms with van der Waals surface area (Å²) in [6.07, 6.45) is 2.23. The third-order valence-electron chi connectivity index (χ3n) is 3.74. The van der Waals surface area contributed by atoms with Crippen molar-refractivity contribution in [1.29, 1.82) is 0 Å². The number of benzene rings is 1. The van der Waals surface area contributed by atoms with Gasteiger partial charge in [0, 0.05) is 25.2 Å². The molecule has 0 saturated carbocycles. The zero-order valence-corrected chi connectivity index (χ0v) is 12.6. The lowest BCUT2D eigenvalue weighted by Crippen LogP contribution is -2.22. The summed E-state index contributed by atoms with van der Waals surface area (Å²) >= 11 is 0. The fourth-order valence-electron chi connectivity index (χ4n) is 2.61. The molecule has 0 spiro atoms. The first-order chi connectivity index (χ1) is 10.1.